The Morgan fingerprint density at radius 3 is 2.76 bits per heavy atom. The molecule has 21 heavy (non-hydrogen) atoms. The van der Waals surface area contributed by atoms with Crippen LogP contribution in [0.4, 0.5) is 4.39 Å². The molecule has 0 amide bonds. The predicted molar refractivity (Wildman–Crippen MR) is 85.6 cm³/mol. The molecule has 2 rings (SSSR count). The maximum atomic E-state index is 13.3. The largest absolute Gasteiger partial charge is 0.497 e. The fourth-order valence-electron chi connectivity index (χ4n) is 2.24. The number of hydrogen-bond acceptors (Lipinski definition) is 3. The Hall–Kier alpha value is -1.43. The Balaban J connectivity index is 2.10. The van der Waals surface area contributed by atoms with Crippen LogP contribution in [0.3, 0.4) is 0 Å². The van der Waals surface area contributed by atoms with Crippen molar-refractivity contribution in [3.8, 4) is 5.75 Å². The summed E-state index contributed by atoms with van der Waals surface area (Å²) in [6.07, 6.45) is 1.36. The van der Waals surface area contributed by atoms with Crippen LogP contribution in [0.25, 0.3) is 0 Å². The highest BCUT2D eigenvalue weighted by Crippen LogP contribution is 2.21. The van der Waals surface area contributed by atoms with E-state index in [9.17, 15) is 4.39 Å². The molecule has 1 unspecified atom stereocenters. The summed E-state index contributed by atoms with van der Waals surface area (Å²) in [5.74, 6) is 6.21. The van der Waals surface area contributed by atoms with Crippen molar-refractivity contribution in [1.29, 1.82) is 0 Å². The molecule has 0 spiro atoms. The van der Waals surface area contributed by atoms with Gasteiger partial charge in [0.2, 0.25) is 0 Å². The van der Waals surface area contributed by atoms with Gasteiger partial charge in [0.1, 0.15) is 11.6 Å². The number of hydrazine groups is 1. The summed E-state index contributed by atoms with van der Waals surface area (Å²) in [6.45, 7) is 0. The highest BCUT2D eigenvalue weighted by Gasteiger charge is 2.12. The van der Waals surface area contributed by atoms with Crippen LogP contribution in [0, 0.1) is 5.82 Å². The van der Waals surface area contributed by atoms with E-state index in [2.05, 4.69) is 21.4 Å². The minimum Gasteiger partial charge on any atom is -0.497 e. The number of nitrogens with one attached hydrogen (secondary N) is 1. The average molecular weight is 353 g/mol. The molecular formula is C16H18BrFN2O. The summed E-state index contributed by atoms with van der Waals surface area (Å²) >= 11 is 3.44. The quantitative estimate of drug-likeness (QED) is 0.619. The summed E-state index contributed by atoms with van der Waals surface area (Å²) in [4.78, 5) is 0. The molecule has 2 aromatic rings. The zero-order valence-electron chi connectivity index (χ0n) is 11.8. The van der Waals surface area contributed by atoms with E-state index >= 15 is 0 Å². The van der Waals surface area contributed by atoms with Gasteiger partial charge in [0.05, 0.1) is 7.11 Å². The van der Waals surface area contributed by atoms with Gasteiger partial charge >= 0.3 is 0 Å². The Labute approximate surface area is 132 Å². The van der Waals surface area contributed by atoms with Gasteiger partial charge in [-0.1, -0.05) is 28.1 Å². The van der Waals surface area contributed by atoms with E-state index in [4.69, 9.17) is 10.6 Å². The third-order valence-corrected chi connectivity index (χ3v) is 4.10. The lowest BCUT2D eigenvalue weighted by Gasteiger charge is -2.17. The molecule has 0 fully saturated rings. The van der Waals surface area contributed by atoms with Gasteiger partial charge in [0.25, 0.3) is 0 Å². The lowest BCUT2D eigenvalue weighted by Crippen LogP contribution is -2.38. The highest BCUT2D eigenvalue weighted by molar-refractivity contribution is 9.10. The summed E-state index contributed by atoms with van der Waals surface area (Å²) in [5, 5.41) is 0. The summed E-state index contributed by atoms with van der Waals surface area (Å²) in [7, 11) is 1.64. The van der Waals surface area contributed by atoms with Gasteiger partial charge in [0, 0.05) is 10.5 Å². The molecule has 0 bridgehead atoms. The number of hydrogen-bond donors (Lipinski definition) is 2. The zero-order valence-corrected chi connectivity index (χ0v) is 13.4. The van der Waals surface area contributed by atoms with E-state index in [1.54, 1.807) is 13.2 Å². The summed E-state index contributed by atoms with van der Waals surface area (Å²) in [5.41, 5.74) is 4.80. The molecular weight excluding hydrogens is 335 g/mol. The molecule has 0 saturated carbocycles. The van der Waals surface area contributed by atoms with Gasteiger partial charge in [-0.2, -0.15) is 0 Å². The predicted octanol–water partition coefficient (Wildman–Crippen LogP) is 3.21. The second kappa shape index (κ2) is 7.54. The molecule has 0 aliphatic heterocycles. The number of ether oxygens (including phenoxy) is 1. The lowest BCUT2D eigenvalue weighted by molar-refractivity contribution is 0.413. The van der Waals surface area contributed by atoms with E-state index in [-0.39, 0.29) is 11.9 Å². The number of benzene rings is 2. The third-order valence-electron chi connectivity index (χ3n) is 3.33. The molecule has 3 nitrogen and oxygen atoms in total. The second-order valence-electron chi connectivity index (χ2n) is 4.86. The first-order valence-electron chi connectivity index (χ1n) is 6.65. The van der Waals surface area contributed by atoms with Gasteiger partial charge in [0.15, 0.2) is 0 Å². The molecule has 2 aromatic carbocycles. The molecule has 1 atom stereocenters. The standard InChI is InChI=1S/C16H18BrFN2O/c1-21-15-4-2-3-11(8-15)7-14(20-19)10-12-9-13(18)5-6-16(12)17/h2-6,8-9,14,20H,7,10,19H2,1H3. The van der Waals surface area contributed by atoms with Gasteiger partial charge in [-0.05, 0) is 54.3 Å². The maximum Gasteiger partial charge on any atom is 0.123 e. The van der Waals surface area contributed by atoms with Crippen LogP contribution < -0.4 is 16.0 Å². The first-order valence-corrected chi connectivity index (χ1v) is 7.44. The van der Waals surface area contributed by atoms with Gasteiger partial charge in [-0.15, -0.1) is 0 Å². The van der Waals surface area contributed by atoms with Crippen molar-refractivity contribution in [1.82, 2.24) is 5.43 Å². The van der Waals surface area contributed by atoms with Crippen molar-refractivity contribution in [3.63, 3.8) is 0 Å². The van der Waals surface area contributed by atoms with E-state index in [1.807, 2.05) is 24.3 Å². The van der Waals surface area contributed by atoms with Crippen LogP contribution in [0.5, 0.6) is 5.75 Å². The topological polar surface area (TPSA) is 47.3 Å². The molecule has 0 saturated heterocycles. The normalized spacial score (nSPS) is 12.2. The monoisotopic (exact) mass is 352 g/mol. The Morgan fingerprint density at radius 2 is 2.05 bits per heavy atom. The highest BCUT2D eigenvalue weighted by atomic mass is 79.9. The first-order chi connectivity index (χ1) is 10.1. The molecule has 0 aromatic heterocycles. The third kappa shape index (κ3) is 4.52. The van der Waals surface area contributed by atoms with Crippen molar-refractivity contribution in [2.24, 2.45) is 5.84 Å². The Bertz CT molecular complexity index is 607. The van der Waals surface area contributed by atoms with Crippen molar-refractivity contribution in [2.75, 3.05) is 7.11 Å². The number of halogens is 2. The Kier molecular flexibility index (Phi) is 5.73. The molecule has 0 aliphatic carbocycles. The van der Waals surface area contributed by atoms with Crippen LogP contribution in [-0.2, 0) is 12.8 Å². The fourth-order valence-corrected chi connectivity index (χ4v) is 2.65. The van der Waals surface area contributed by atoms with Gasteiger partial charge in [-0.25, -0.2) is 4.39 Å². The minimum absolute atomic E-state index is 0.00945. The Morgan fingerprint density at radius 1 is 1.24 bits per heavy atom. The van der Waals surface area contributed by atoms with E-state index < -0.39 is 0 Å². The number of nitrogens with two attached hydrogens (primary N) is 1. The SMILES string of the molecule is COc1cccc(CC(Cc2cc(F)ccc2Br)NN)c1. The van der Waals surface area contributed by atoms with Crippen LogP contribution in [0.1, 0.15) is 11.1 Å². The van der Waals surface area contributed by atoms with Crippen molar-refractivity contribution in [3.05, 3.63) is 63.9 Å². The smallest absolute Gasteiger partial charge is 0.123 e. The molecule has 0 heterocycles. The van der Waals surface area contributed by atoms with Crippen LogP contribution in [0.15, 0.2) is 46.9 Å². The molecule has 112 valence electrons. The summed E-state index contributed by atoms with van der Waals surface area (Å²) < 4.78 is 19.4. The van der Waals surface area contributed by atoms with E-state index in [0.717, 1.165) is 27.8 Å². The fraction of sp³-hybridized carbons (Fsp3) is 0.250. The van der Waals surface area contributed by atoms with Crippen molar-refractivity contribution < 1.29 is 9.13 Å². The van der Waals surface area contributed by atoms with Crippen molar-refractivity contribution >= 4 is 15.9 Å². The van der Waals surface area contributed by atoms with E-state index in [0.29, 0.717) is 6.42 Å². The minimum atomic E-state index is -0.245. The first kappa shape index (κ1) is 15.9. The number of methoxy groups -OCH3 is 1. The maximum absolute atomic E-state index is 13.3. The van der Waals surface area contributed by atoms with Crippen molar-refractivity contribution in [2.45, 2.75) is 18.9 Å². The van der Waals surface area contributed by atoms with Gasteiger partial charge in [-0.3, -0.25) is 11.3 Å². The molecule has 3 N–H and O–H groups in total. The van der Waals surface area contributed by atoms with Crippen LogP contribution in [-0.4, -0.2) is 13.2 Å². The lowest BCUT2D eigenvalue weighted by atomic mass is 9.99. The molecule has 5 heteroatoms. The summed E-state index contributed by atoms with van der Waals surface area (Å²) in [6, 6.07) is 12.5. The van der Waals surface area contributed by atoms with Crippen LogP contribution >= 0.6 is 15.9 Å². The zero-order chi connectivity index (χ0) is 15.2. The average Bonchev–Trinajstić information content (AvgIpc) is 2.50. The second-order valence-corrected chi connectivity index (χ2v) is 5.71. The van der Waals surface area contributed by atoms with Crippen LogP contribution in [0.2, 0.25) is 0 Å². The molecule has 0 radical (unpaired) electrons. The molecule has 0 aliphatic rings. The van der Waals surface area contributed by atoms with E-state index in [1.165, 1.54) is 12.1 Å². The van der Waals surface area contributed by atoms with Gasteiger partial charge < -0.3 is 4.74 Å². The number of rotatable bonds is 6.